The summed E-state index contributed by atoms with van der Waals surface area (Å²) in [6.07, 6.45) is 4.50. The number of halogens is 1. The Balaban J connectivity index is 0.00000128. The van der Waals surface area contributed by atoms with E-state index in [-0.39, 0.29) is 17.0 Å². The molecule has 0 saturated carbocycles. The number of aromatic nitrogens is 2. The zero-order valence-corrected chi connectivity index (χ0v) is 10.2. The highest BCUT2D eigenvalue weighted by molar-refractivity contribution is 5.51. The number of rotatable bonds is 3. The van der Waals surface area contributed by atoms with E-state index in [4.69, 9.17) is 0 Å². The summed E-state index contributed by atoms with van der Waals surface area (Å²) < 4.78 is 1.87. The summed E-state index contributed by atoms with van der Waals surface area (Å²) in [5.74, 6) is 0. The predicted octanol–water partition coefficient (Wildman–Crippen LogP) is -1.76. The highest BCUT2D eigenvalue weighted by Gasteiger charge is 2.11. The zero-order chi connectivity index (χ0) is 10.5. The zero-order valence-electron chi connectivity index (χ0n) is 8.58. The maximum absolute atomic E-state index is 10.5. The minimum Gasteiger partial charge on any atom is -1.00 e. The monoisotopic (exact) mass is 278 g/mol. The summed E-state index contributed by atoms with van der Waals surface area (Å²) in [6.45, 7) is 0.354. The molecule has 0 bridgehead atoms. The van der Waals surface area contributed by atoms with Crippen molar-refractivity contribution in [1.82, 2.24) is 4.98 Å². The Kier molecular flexibility index (Phi) is 4.79. The molecule has 0 aliphatic carbocycles. The van der Waals surface area contributed by atoms with Crippen molar-refractivity contribution in [1.29, 1.82) is 0 Å². The Morgan fingerprint density at radius 2 is 2.00 bits per heavy atom. The lowest BCUT2D eigenvalue weighted by molar-refractivity contribution is -0.672. The van der Waals surface area contributed by atoms with Gasteiger partial charge in [0, 0.05) is 18.3 Å². The van der Waals surface area contributed by atoms with Gasteiger partial charge in [-0.1, -0.05) is 6.07 Å². The van der Waals surface area contributed by atoms with Crippen LogP contribution in [0.2, 0.25) is 0 Å². The fourth-order valence-electron chi connectivity index (χ4n) is 1.46. The van der Waals surface area contributed by atoms with Gasteiger partial charge in [0.15, 0.2) is 12.5 Å². The van der Waals surface area contributed by atoms with E-state index in [0.717, 1.165) is 17.7 Å². The molecule has 82 valence electrons. The molecule has 0 spiro atoms. The molecule has 0 atom stereocenters. The first-order valence-electron chi connectivity index (χ1n) is 4.75. The molecule has 3 nitrogen and oxygen atoms in total. The van der Waals surface area contributed by atoms with Crippen LogP contribution in [-0.4, -0.2) is 11.3 Å². The first-order chi connectivity index (χ1) is 7.42. The van der Waals surface area contributed by atoms with Crippen LogP contribution in [-0.2, 0) is 11.3 Å². The second kappa shape index (κ2) is 6.12. The van der Waals surface area contributed by atoms with Gasteiger partial charge in [0.2, 0.25) is 12.2 Å². The van der Waals surface area contributed by atoms with E-state index in [9.17, 15) is 4.79 Å². The fraction of sp³-hybridized carbons (Fsp3) is 0.0833. The van der Waals surface area contributed by atoms with E-state index in [2.05, 4.69) is 4.98 Å². The number of hydrogen-bond donors (Lipinski definition) is 0. The van der Waals surface area contributed by atoms with Crippen molar-refractivity contribution in [2.24, 2.45) is 0 Å². The topological polar surface area (TPSA) is 33.8 Å². The lowest BCUT2D eigenvalue weighted by Crippen LogP contribution is -3.00. The van der Waals surface area contributed by atoms with E-state index in [1.54, 1.807) is 6.20 Å². The average Bonchev–Trinajstić information content (AvgIpc) is 2.31. The minimum absolute atomic E-state index is 0. The smallest absolute Gasteiger partial charge is 0.231 e. The van der Waals surface area contributed by atoms with Gasteiger partial charge in [-0.25, -0.2) is 4.98 Å². The first-order valence-corrected chi connectivity index (χ1v) is 4.75. The highest BCUT2D eigenvalue weighted by Crippen LogP contribution is 2.09. The summed E-state index contributed by atoms with van der Waals surface area (Å²) in [5, 5.41) is 0. The van der Waals surface area contributed by atoms with Crippen molar-refractivity contribution in [2.45, 2.75) is 6.54 Å². The molecular weight excluding hydrogens is 268 g/mol. The van der Waals surface area contributed by atoms with Crippen LogP contribution in [0.4, 0.5) is 0 Å². The van der Waals surface area contributed by atoms with Crippen LogP contribution in [0.1, 0.15) is 0 Å². The standard InChI is InChI=1S/C12H11N2O.BrH/c15-10-9-14-8-4-2-6-12(14)11-5-1-3-7-13-11;/h1-8,10H,9H2;1H/q+1;/p-1. The summed E-state index contributed by atoms with van der Waals surface area (Å²) in [7, 11) is 0. The van der Waals surface area contributed by atoms with Crippen molar-refractivity contribution >= 4 is 6.29 Å². The number of carbonyl (C=O) groups is 1. The molecule has 0 aliphatic heterocycles. The van der Waals surface area contributed by atoms with Crippen LogP contribution in [0.25, 0.3) is 11.4 Å². The van der Waals surface area contributed by atoms with Crippen molar-refractivity contribution in [2.75, 3.05) is 0 Å². The average molecular weight is 279 g/mol. The van der Waals surface area contributed by atoms with Gasteiger partial charge in [-0.3, -0.25) is 4.79 Å². The van der Waals surface area contributed by atoms with Gasteiger partial charge in [0.25, 0.3) is 0 Å². The first kappa shape index (κ1) is 12.5. The van der Waals surface area contributed by atoms with Crippen molar-refractivity contribution in [3.05, 3.63) is 48.8 Å². The number of hydrogen-bond acceptors (Lipinski definition) is 2. The summed E-state index contributed by atoms with van der Waals surface area (Å²) >= 11 is 0. The van der Waals surface area contributed by atoms with Gasteiger partial charge in [-0.05, 0) is 18.2 Å². The lowest BCUT2D eigenvalue weighted by atomic mass is 10.2. The van der Waals surface area contributed by atoms with Crippen LogP contribution in [0, 0.1) is 0 Å². The van der Waals surface area contributed by atoms with Gasteiger partial charge in [-0.15, -0.1) is 0 Å². The van der Waals surface area contributed by atoms with Gasteiger partial charge in [0.1, 0.15) is 5.69 Å². The molecular formula is C12H11BrN2O. The van der Waals surface area contributed by atoms with E-state index in [1.165, 1.54) is 0 Å². The third kappa shape index (κ3) is 2.73. The Labute approximate surface area is 105 Å². The maximum Gasteiger partial charge on any atom is 0.231 e. The Morgan fingerprint density at radius 1 is 1.19 bits per heavy atom. The fourth-order valence-corrected chi connectivity index (χ4v) is 1.46. The Morgan fingerprint density at radius 3 is 2.69 bits per heavy atom. The second-order valence-corrected chi connectivity index (χ2v) is 3.12. The molecule has 0 radical (unpaired) electrons. The normalized spacial score (nSPS) is 9.25. The van der Waals surface area contributed by atoms with Gasteiger partial charge in [0.05, 0.1) is 0 Å². The van der Waals surface area contributed by atoms with Crippen molar-refractivity contribution in [3.63, 3.8) is 0 Å². The van der Waals surface area contributed by atoms with E-state index in [0.29, 0.717) is 6.54 Å². The molecule has 0 unspecified atom stereocenters. The minimum atomic E-state index is 0. The predicted molar refractivity (Wildman–Crippen MR) is 55.9 cm³/mol. The Bertz CT molecular complexity index is 460. The number of carbonyl (C=O) groups excluding carboxylic acids is 1. The molecule has 0 aromatic carbocycles. The lowest BCUT2D eigenvalue weighted by Gasteiger charge is -1.99. The number of aldehydes is 1. The molecule has 0 N–H and O–H groups in total. The summed E-state index contributed by atoms with van der Waals surface area (Å²) in [5.41, 5.74) is 1.82. The third-order valence-corrected chi connectivity index (χ3v) is 2.14. The van der Waals surface area contributed by atoms with Gasteiger partial charge < -0.3 is 17.0 Å². The van der Waals surface area contributed by atoms with Crippen LogP contribution in [0.3, 0.4) is 0 Å². The van der Waals surface area contributed by atoms with Gasteiger partial charge >= 0.3 is 0 Å². The molecule has 0 saturated heterocycles. The summed E-state index contributed by atoms with van der Waals surface area (Å²) in [6, 6.07) is 11.5. The molecule has 2 aromatic heterocycles. The molecule has 2 aromatic rings. The van der Waals surface area contributed by atoms with Crippen LogP contribution < -0.4 is 21.5 Å². The van der Waals surface area contributed by atoms with Crippen molar-refractivity contribution in [3.8, 4) is 11.4 Å². The third-order valence-electron chi connectivity index (χ3n) is 2.14. The Hall–Kier alpha value is -1.55. The quantitative estimate of drug-likeness (QED) is 0.493. The molecule has 2 rings (SSSR count). The maximum atomic E-state index is 10.5. The SMILES string of the molecule is O=CC[n+]1ccccc1-c1ccccn1.[Br-]. The molecule has 0 amide bonds. The molecule has 0 aliphatic rings. The molecule has 0 fully saturated rings. The molecule has 16 heavy (non-hydrogen) atoms. The highest BCUT2D eigenvalue weighted by atomic mass is 79.9. The summed E-state index contributed by atoms with van der Waals surface area (Å²) in [4.78, 5) is 14.8. The number of nitrogens with zero attached hydrogens (tertiary/aromatic N) is 2. The van der Waals surface area contributed by atoms with Gasteiger partial charge in [-0.2, -0.15) is 4.57 Å². The van der Waals surface area contributed by atoms with Crippen LogP contribution in [0.5, 0.6) is 0 Å². The van der Waals surface area contributed by atoms with Crippen LogP contribution in [0.15, 0.2) is 48.8 Å². The number of pyridine rings is 2. The second-order valence-electron chi connectivity index (χ2n) is 3.12. The van der Waals surface area contributed by atoms with Crippen LogP contribution >= 0.6 is 0 Å². The van der Waals surface area contributed by atoms with E-state index < -0.39 is 0 Å². The van der Waals surface area contributed by atoms with E-state index >= 15 is 0 Å². The van der Waals surface area contributed by atoms with E-state index in [1.807, 2.05) is 47.2 Å². The molecule has 2 heterocycles. The molecule has 4 heteroatoms. The van der Waals surface area contributed by atoms with Crippen molar-refractivity contribution < 1.29 is 26.3 Å². The largest absolute Gasteiger partial charge is 1.00 e.